The van der Waals surface area contributed by atoms with Gasteiger partial charge < -0.3 is 20.1 Å². The predicted octanol–water partition coefficient (Wildman–Crippen LogP) is 16.9. The van der Waals surface area contributed by atoms with Crippen molar-refractivity contribution in [2.24, 2.45) is 0 Å². The second-order valence-electron chi connectivity index (χ2n) is 22.5. The summed E-state index contributed by atoms with van der Waals surface area (Å²) in [6.07, 6.45) is 15.9. The third-order valence-corrected chi connectivity index (χ3v) is 17.2. The van der Waals surface area contributed by atoms with E-state index in [1.807, 2.05) is 110 Å². The Labute approximate surface area is 516 Å². The van der Waals surface area contributed by atoms with E-state index >= 15 is 0 Å². The summed E-state index contributed by atoms with van der Waals surface area (Å²) in [5.74, 6) is 2.23. The molecule has 0 aliphatic carbocycles. The van der Waals surface area contributed by atoms with Gasteiger partial charge in [0.15, 0.2) is 17.5 Å². The summed E-state index contributed by atoms with van der Waals surface area (Å²) in [7, 11) is 0. The second-order valence-corrected chi connectivity index (χ2v) is 22.9. The lowest BCUT2D eigenvalue weighted by Gasteiger charge is -2.11. The standard InChI is InChI=1S/C24H22ClN5.C24H23N5O.C24H17N5/c1-3-4-6-16-12-26-13-18(14(16)2)15-9-10-20-17(11-15)22(30-29-20)24-27-21-8-5-7-19(25)23(21)28-24;1-15-17(6-4-5-11-30)13-25-14-19(15)16-9-10-20-18(12-16)23(29-28-20)24-26-21-7-2-3-8-22(21)27-24;1-14-16-6-2-3-7-19(16)25-13-18(14)15-10-11-20-17(12-15)23(29-28-20)24-26-21-8-4-5-9-22(21)27-24/h5,7-13H,3-4,6H2,1-2H3,(H,27,28)(H,29,30);2-3,7-10,12-14,30H,4-6,11H2,1H3,(H,26,27)(H,28,29);2-13H,1H3,(H,26,27)(H,28,29). The van der Waals surface area contributed by atoms with Crippen LogP contribution in [0.5, 0.6) is 0 Å². The number of aromatic nitrogens is 15. The number of nitrogens with one attached hydrogen (secondary N) is 6. The normalized spacial score (nSPS) is 11.6. The number of benzene rings is 7. The topological polar surface area (TPSA) is 231 Å². The Morgan fingerprint density at radius 1 is 0.416 bits per heavy atom. The van der Waals surface area contributed by atoms with Gasteiger partial charge in [-0.1, -0.05) is 91.7 Å². The van der Waals surface area contributed by atoms with Crippen LogP contribution in [0, 0.1) is 20.8 Å². The van der Waals surface area contributed by atoms with E-state index in [1.165, 1.54) is 46.0 Å². The molecule has 0 radical (unpaired) electrons. The van der Waals surface area contributed by atoms with Crippen molar-refractivity contribution in [3.63, 3.8) is 0 Å². The molecule has 7 aromatic carbocycles. The number of aryl methyl sites for hydroxylation is 3. The first-order valence-corrected chi connectivity index (χ1v) is 30.4. The number of aliphatic hydroxyl groups is 1. The molecule has 7 N–H and O–H groups in total. The summed E-state index contributed by atoms with van der Waals surface area (Å²) in [5, 5.41) is 36.9. The number of nitrogens with zero attached hydrogens (tertiary/aromatic N) is 9. The molecule has 9 aromatic heterocycles. The van der Waals surface area contributed by atoms with Crippen LogP contribution in [0.15, 0.2) is 177 Å². The molecule has 0 saturated carbocycles. The highest BCUT2D eigenvalue weighted by molar-refractivity contribution is 6.35. The number of imidazole rings is 3. The number of fused-ring (bicyclic) bond motifs is 7. The molecule has 9 heterocycles. The van der Waals surface area contributed by atoms with Crippen molar-refractivity contribution in [2.75, 3.05) is 6.61 Å². The second kappa shape index (κ2) is 24.2. The number of aliphatic hydroxyl groups excluding tert-OH is 1. The van der Waals surface area contributed by atoms with Crippen LogP contribution in [0.3, 0.4) is 0 Å². The van der Waals surface area contributed by atoms with Gasteiger partial charge >= 0.3 is 0 Å². The van der Waals surface area contributed by atoms with E-state index in [2.05, 4.69) is 155 Å². The van der Waals surface area contributed by atoms with Gasteiger partial charge in [0.1, 0.15) is 22.6 Å². The van der Waals surface area contributed by atoms with Crippen molar-refractivity contribution in [3.05, 3.63) is 209 Å². The number of aromatic amines is 6. The highest BCUT2D eigenvalue weighted by Gasteiger charge is 2.19. The lowest BCUT2D eigenvalue weighted by atomic mass is 9.96. The molecular weight excluding hydrogens is 1130 g/mol. The first kappa shape index (κ1) is 56.1. The summed E-state index contributed by atoms with van der Waals surface area (Å²) in [6, 6.07) is 49.0. The van der Waals surface area contributed by atoms with Crippen LogP contribution in [0.2, 0.25) is 5.02 Å². The zero-order valence-corrected chi connectivity index (χ0v) is 50.3. The molecule has 0 unspecified atom stereocenters. The molecule has 0 fully saturated rings. The van der Waals surface area contributed by atoms with Gasteiger partial charge in [-0.05, 0) is 176 Å². The van der Waals surface area contributed by atoms with E-state index in [9.17, 15) is 0 Å². The van der Waals surface area contributed by atoms with Crippen LogP contribution in [-0.4, -0.2) is 87.2 Å². The van der Waals surface area contributed by atoms with Gasteiger partial charge in [-0.3, -0.25) is 30.2 Å². The van der Waals surface area contributed by atoms with E-state index in [0.717, 1.165) is 159 Å². The molecule has 16 rings (SSSR count). The molecule has 16 aromatic rings. The van der Waals surface area contributed by atoms with E-state index < -0.39 is 0 Å². The number of hydrogen-bond acceptors (Lipinski definition) is 10. The third kappa shape index (κ3) is 10.9. The van der Waals surface area contributed by atoms with E-state index in [-0.39, 0.29) is 6.61 Å². The number of H-pyrrole nitrogens is 6. The third-order valence-electron chi connectivity index (χ3n) is 16.9. The van der Waals surface area contributed by atoms with Crippen LogP contribution in [0.4, 0.5) is 0 Å². The summed E-state index contributed by atoms with van der Waals surface area (Å²) < 4.78 is 0. The molecule has 89 heavy (non-hydrogen) atoms. The minimum Gasteiger partial charge on any atom is -0.396 e. The minimum absolute atomic E-state index is 0.230. The maximum absolute atomic E-state index is 9.06. The fourth-order valence-electron chi connectivity index (χ4n) is 11.9. The quantitative estimate of drug-likeness (QED) is 0.0540. The van der Waals surface area contributed by atoms with E-state index in [0.29, 0.717) is 10.8 Å². The first-order valence-electron chi connectivity index (χ1n) is 30.0. The van der Waals surface area contributed by atoms with Gasteiger partial charge in [-0.15, -0.1) is 0 Å². The predicted molar refractivity (Wildman–Crippen MR) is 359 cm³/mol. The largest absolute Gasteiger partial charge is 0.396 e. The van der Waals surface area contributed by atoms with Crippen LogP contribution < -0.4 is 0 Å². The van der Waals surface area contributed by atoms with Gasteiger partial charge in [0.2, 0.25) is 0 Å². The van der Waals surface area contributed by atoms with Gasteiger partial charge in [0.05, 0.1) is 54.7 Å². The molecule has 17 heteroatoms. The molecule has 16 nitrogen and oxygen atoms in total. The average Bonchev–Trinajstić information content (AvgIpc) is 2.03. The lowest BCUT2D eigenvalue weighted by molar-refractivity contribution is 0.284. The first-order chi connectivity index (χ1) is 43.7. The fourth-order valence-corrected chi connectivity index (χ4v) is 12.1. The summed E-state index contributed by atoms with van der Waals surface area (Å²) in [4.78, 5) is 37.8. The maximum Gasteiger partial charge on any atom is 0.159 e. The minimum atomic E-state index is 0.230. The SMILES string of the molecule is CCCCc1cncc(-c2ccc3[nH]nc(-c4nc5c(Cl)cccc5[nH]4)c3c2)c1C.Cc1c(-c2ccc3[nH]nc(-c4nc5ccccc5[nH]4)c3c2)cnc2ccccc12.Cc1c(CCCCO)cncc1-c1ccc2[nH]nc(-c3nc4ccccc4[nH]3)c2c1. The molecule has 0 aliphatic rings. The van der Waals surface area contributed by atoms with Crippen molar-refractivity contribution in [3.8, 4) is 67.9 Å². The Kier molecular flexibility index (Phi) is 15.3. The zero-order chi connectivity index (χ0) is 60.5. The van der Waals surface area contributed by atoms with Crippen molar-refractivity contribution < 1.29 is 5.11 Å². The summed E-state index contributed by atoms with van der Waals surface area (Å²) in [6.45, 7) is 8.92. The number of hydrogen-bond donors (Lipinski definition) is 7. The number of unbranched alkanes of at least 4 members (excludes halogenated alkanes) is 2. The molecule has 438 valence electrons. The highest BCUT2D eigenvalue weighted by atomic mass is 35.5. The van der Waals surface area contributed by atoms with Crippen molar-refractivity contribution in [1.82, 2.24) is 75.4 Å². The van der Waals surface area contributed by atoms with Crippen LogP contribution in [-0.2, 0) is 12.8 Å². The summed E-state index contributed by atoms with van der Waals surface area (Å²) >= 11 is 6.31. The number of pyridine rings is 3. The monoisotopic (exact) mass is 1190 g/mol. The van der Waals surface area contributed by atoms with Crippen molar-refractivity contribution >= 4 is 88.3 Å². The zero-order valence-electron chi connectivity index (χ0n) is 49.5. The van der Waals surface area contributed by atoms with Crippen LogP contribution in [0.25, 0.3) is 145 Å². The Hall–Kier alpha value is -10.7. The Balaban J connectivity index is 0.000000117. The van der Waals surface area contributed by atoms with Crippen molar-refractivity contribution in [1.29, 1.82) is 0 Å². The molecule has 0 saturated heterocycles. The molecule has 0 bridgehead atoms. The fraction of sp³-hybridized carbons (Fsp3) is 0.153. The van der Waals surface area contributed by atoms with Gasteiger partial charge in [-0.2, -0.15) is 15.3 Å². The Morgan fingerprint density at radius 2 is 0.876 bits per heavy atom. The Morgan fingerprint density at radius 3 is 1.38 bits per heavy atom. The highest BCUT2D eigenvalue weighted by Crippen LogP contribution is 2.37. The molecule has 0 atom stereocenters. The van der Waals surface area contributed by atoms with E-state index in [4.69, 9.17) is 31.7 Å². The Bertz CT molecular complexity index is 5190. The molecular formula is C72H62ClN15O. The molecule has 0 spiro atoms. The number of rotatable bonds is 13. The van der Waals surface area contributed by atoms with Gasteiger partial charge in [-0.25, -0.2) is 15.0 Å². The molecule has 0 aliphatic heterocycles. The number of para-hydroxylation sites is 6. The van der Waals surface area contributed by atoms with Crippen LogP contribution >= 0.6 is 11.6 Å². The lowest BCUT2D eigenvalue weighted by Crippen LogP contribution is -1.96. The van der Waals surface area contributed by atoms with E-state index in [1.54, 1.807) is 0 Å². The number of halogens is 1. The molecule has 0 amide bonds. The van der Waals surface area contributed by atoms with Crippen LogP contribution in [0.1, 0.15) is 60.4 Å². The van der Waals surface area contributed by atoms with Gasteiger partial charge in [0, 0.05) is 75.8 Å². The smallest absolute Gasteiger partial charge is 0.159 e. The average molecular weight is 1190 g/mol. The maximum atomic E-state index is 9.06. The van der Waals surface area contributed by atoms with Gasteiger partial charge in [0.25, 0.3) is 0 Å². The summed E-state index contributed by atoms with van der Waals surface area (Å²) in [5.41, 5.74) is 24.9. The van der Waals surface area contributed by atoms with Crippen molar-refractivity contribution in [2.45, 2.75) is 66.2 Å².